The third-order valence-corrected chi connectivity index (χ3v) is 6.79. The SMILES string of the molecule is Cc1c(C)n(-c2cc(C(F)F)cc(N(C)C3CCOCC3)c2)c(=O)n1Cc1cnn(C(C)C)c1. The van der Waals surface area contributed by atoms with E-state index in [1.54, 1.807) is 10.8 Å². The predicted molar refractivity (Wildman–Crippen MR) is 128 cm³/mol. The van der Waals surface area contributed by atoms with E-state index in [4.69, 9.17) is 4.74 Å². The molecule has 0 aliphatic carbocycles. The summed E-state index contributed by atoms with van der Waals surface area (Å²) in [6.45, 7) is 9.50. The molecule has 0 unspecified atom stereocenters. The lowest BCUT2D eigenvalue weighted by Gasteiger charge is -2.33. The van der Waals surface area contributed by atoms with Crippen LogP contribution in [0.5, 0.6) is 0 Å². The van der Waals surface area contributed by atoms with Crippen LogP contribution in [-0.4, -0.2) is 45.2 Å². The molecule has 1 aliphatic heterocycles. The van der Waals surface area contributed by atoms with Gasteiger partial charge in [0, 0.05) is 66.7 Å². The van der Waals surface area contributed by atoms with Gasteiger partial charge in [-0.25, -0.2) is 13.6 Å². The van der Waals surface area contributed by atoms with Crippen LogP contribution in [0.1, 0.15) is 61.7 Å². The normalized spacial score (nSPS) is 15.0. The predicted octanol–water partition coefficient (Wildman–Crippen LogP) is 4.63. The van der Waals surface area contributed by atoms with E-state index in [2.05, 4.69) is 5.10 Å². The monoisotopic (exact) mass is 473 g/mol. The Morgan fingerprint density at radius 3 is 2.47 bits per heavy atom. The van der Waals surface area contributed by atoms with Gasteiger partial charge in [0.05, 0.1) is 18.4 Å². The molecule has 4 rings (SSSR count). The lowest BCUT2D eigenvalue weighted by atomic mass is 10.1. The van der Waals surface area contributed by atoms with Crippen molar-refractivity contribution in [2.45, 2.75) is 65.6 Å². The largest absolute Gasteiger partial charge is 0.381 e. The zero-order valence-electron chi connectivity index (χ0n) is 20.5. The number of rotatable bonds is 7. The Morgan fingerprint density at radius 1 is 1.15 bits per heavy atom. The zero-order valence-corrected chi connectivity index (χ0v) is 20.5. The number of halogens is 2. The standard InChI is InChI=1S/C25H33F2N5O2/c1-16(2)31-15-19(13-28-31)14-30-17(3)18(4)32(25(30)33)23-11-20(24(26)27)10-22(12-23)29(5)21-6-8-34-9-7-21/h10-13,15-16,21,24H,6-9,14H2,1-5H3. The first kappa shape index (κ1) is 24.2. The average molecular weight is 474 g/mol. The summed E-state index contributed by atoms with van der Waals surface area (Å²) >= 11 is 0. The second kappa shape index (κ2) is 9.74. The molecule has 1 fully saturated rings. The van der Waals surface area contributed by atoms with Crippen molar-refractivity contribution in [2.24, 2.45) is 0 Å². The van der Waals surface area contributed by atoms with E-state index in [-0.39, 0.29) is 23.3 Å². The topological polar surface area (TPSA) is 57.2 Å². The Balaban J connectivity index is 1.75. The molecule has 1 aromatic carbocycles. The highest BCUT2D eigenvalue weighted by molar-refractivity contribution is 5.57. The Kier molecular flexibility index (Phi) is 6.93. The number of benzene rings is 1. The molecular weight excluding hydrogens is 440 g/mol. The summed E-state index contributed by atoms with van der Waals surface area (Å²) in [6.07, 6.45) is 2.73. The number of anilines is 1. The van der Waals surface area contributed by atoms with Crippen molar-refractivity contribution in [2.75, 3.05) is 25.2 Å². The van der Waals surface area contributed by atoms with Crippen LogP contribution in [0.15, 0.2) is 35.4 Å². The summed E-state index contributed by atoms with van der Waals surface area (Å²) in [5.74, 6) is 0. The summed E-state index contributed by atoms with van der Waals surface area (Å²) < 4.78 is 38.2. The van der Waals surface area contributed by atoms with Gasteiger partial charge in [-0.15, -0.1) is 0 Å². The maximum Gasteiger partial charge on any atom is 0.333 e. The van der Waals surface area contributed by atoms with Crippen LogP contribution in [0.3, 0.4) is 0 Å². The van der Waals surface area contributed by atoms with Crippen LogP contribution in [0, 0.1) is 13.8 Å². The summed E-state index contributed by atoms with van der Waals surface area (Å²) in [5.41, 5.74) is 3.22. The minimum Gasteiger partial charge on any atom is -0.381 e. The maximum absolute atomic E-state index is 13.8. The summed E-state index contributed by atoms with van der Waals surface area (Å²) in [7, 11) is 1.92. The van der Waals surface area contributed by atoms with E-state index >= 15 is 0 Å². The first-order chi connectivity index (χ1) is 16.2. The zero-order chi connectivity index (χ0) is 24.6. The van der Waals surface area contributed by atoms with E-state index in [1.807, 2.05) is 56.6 Å². The number of alkyl halides is 2. The number of aromatic nitrogens is 4. The van der Waals surface area contributed by atoms with Crippen LogP contribution in [0.2, 0.25) is 0 Å². The van der Waals surface area contributed by atoms with E-state index in [1.165, 1.54) is 16.7 Å². The van der Waals surface area contributed by atoms with Crippen LogP contribution < -0.4 is 10.6 Å². The van der Waals surface area contributed by atoms with Crippen LogP contribution in [0.4, 0.5) is 14.5 Å². The van der Waals surface area contributed by atoms with Crippen molar-refractivity contribution < 1.29 is 13.5 Å². The van der Waals surface area contributed by atoms with Crippen LogP contribution >= 0.6 is 0 Å². The van der Waals surface area contributed by atoms with Crippen molar-refractivity contribution in [1.82, 2.24) is 18.9 Å². The molecule has 1 aliphatic rings. The molecule has 9 heteroatoms. The molecule has 3 heterocycles. The van der Waals surface area contributed by atoms with Crippen molar-refractivity contribution >= 4 is 5.69 Å². The summed E-state index contributed by atoms with van der Waals surface area (Å²) in [4.78, 5) is 15.5. The Hall–Kier alpha value is -2.94. The van der Waals surface area contributed by atoms with Gasteiger partial charge in [0.15, 0.2) is 0 Å². The van der Waals surface area contributed by atoms with Gasteiger partial charge in [-0.2, -0.15) is 5.10 Å². The maximum atomic E-state index is 13.8. The van der Waals surface area contributed by atoms with E-state index in [0.717, 1.165) is 29.8 Å². The lowest BCUT2D eigenvalue weighted by Crippen LogP contribution is -2.36. The fraction of sp³-hybridized carbons (Fsp3) is 0.520. The second-order valence-electron chi connectivity index (χ2n) is 9.34. The molecule has 0 saturated carbocycles. The molecule has 1 saturated heterocycles. The number of ether oxygens (including phenoxy) is 1. The quantitative estimate of drug-likeness (QED) is 0.502. The van der Waals surface area contributed by atoms with Gasteiger partial charge in [-0.1, -0.05) is 0 Å². The van der Waals surface area contributed by atoms with Gasteiger partial charge >= 0.3 is 5.69 Å². The Labute approximate surface area is 198 Å². The molecule has 0 atom stereocenters. The molecular formula is C25H33F2N5O2. The molecule has 0 radical (unpaired) electrons. The van der Waals surface area contributed by atoms with E-state index in [0.29, 0.717) is 31.1 Å². The molecule has 0 bridgehead atoms. The van der Waals surface area contributed by atoms with E-state index in [9.17, 15) is 13.6 Å². The van der Waals surface area contributed by atoms with E-state index < -0.39 is 6.43 Å². The van der Waals surface area contributed by atoms with Crippen molar-refractivity contribution in [3.8, 4) is 5.69 Å². The van der Waals surface area contributed by atoms with Gasteiger partial charge in [-0.05, 0) is 58.7 Å². The third-order valence-electron chi connectivity index (χ3n) is 6.79. The van der Waals surface area contributed by atoms with Crippen molar-refractivity contribution in [1.29, 1.82) is 0 Å². The molecule has 2 aromatic heterocycles. The molecule has 0 amide bonds. The van der Waals surface area contributed by atoms with Crippen LogP contribution in [0.25, 0.3) is 5.69 Å². The van der Waals surface area contributed by atoms with Crippen molar-refractivity contribution in [3.63, 3.8) is 0 Å². The molecule has 184 valence electrons. The highest BCUT2D eigenvalue weighted by atomic mass is 19.3. The molecule has 0 spiro atoms. The van der Waals surface area contributed by atoms with Gasteiger partial charge < -0.3 is 9.64 Å². The van der Waals surface area contributed by atoms with Gasteiger partial charge in [-0.3, -0.25) is 13.8 Å². The van der Waals surface area contributed by atoms with Crippen molar-refractivity contribution in [3.05, 3.63) is 63.6 Å². The van der Waals surface area contributed by atoms with Gasteiger partial charge in [0.1, 0.15) is 0 Å². The molecule has 3 aromatic rings. The second-order valence-corrected chi connectivity index (χ2v) is 9.34. The fourth-order valence-electron chi connectivity index (χ4n) is 4.54. The highest BCUT2D eigenvalue weighted by Gasteiger charge is 2.23. The highest BCUT2D eigenvalue weighted by Crippen LogP contribution is 2.30. The molecule has 34 heavy (non-hydrogen) atoms. The lowest BCUT2D eigenvalue weighted by molar-refractivity contribution is 0.0854. The first-order valence-electron chi connectivity index (χ1n) is 11.7. The number of hydrogen-bond donors (Lipinski definition) is 0. The number of nitrogens with zero attached hydrogens (tertiary/aromatic N) is 5. The minimum atomic E-state index is -2.64. The molecule has 0 N–H and O–H groups in total. The minimum absolute atomic E-state index is 0.0960. The number of imidazole rings is 1. The first-order valence-corrected chi connectivity index (χ1v) is 11.7. The third kappa shape index (κ3) is 4.66. The summed E-state index contributed by atoms with van der Waals surface area (Å²) in [5, 5.41) is 4.36. The summed E-state index contributed by atoms with van der Waals surface area (Å²) in [6, 6.07) is 5.20. The fourth-order valence-corrected chi connectivity index (χ4v) is 4.54. The van der Waals surface area contributed by atoms with Crippen LogP contribution in [-0.2, 0) is 11.3 Å². The molecule has 7 nitrogen and oxygen atoms in total. The van der Waals surface area contributed by atoms with Gasteiger partial charge in [0.25, 0.3) is 6.43 Å². The average Bonchev–Trinajstić information content (AvgIpc) is 3.38. The van der Waals surface area contributed by atoms with Gasteiger partial charge in [0.2, 0.25) is 0 Å². The smallest absolute Gasteiger partial charge is 0.333 e. The Bertz CT molecular complexity index is 1200. The number of hydrogen-bond acceptors (Lipinski definition) is 4. The Morgan fingerprint density at radius 2 is 1.85 bits per heavy atom.